The van der Waals surface area contributed by atoms with Crippen LogP contribution in [-0.2, 0) is 0 Å². The van der Waals surface area contributed by atoms with Crippen LogP contribution in [0.3, 0.4) is 0 Å². The van der Waals surface area contributed by atoms with Crippen LogP contribution in [0.15, 0.2) is 0 Å². The summed E-state index contributed by atoms with van der Waals surface area (Å²) in [5, 5.41) is 3.88. The van der Waals surface area contributed by atoms with Crippen LogP contribution in [0.25, 0.3) is 0 Å². The van der Waals surface area contributed by atoms with E-state index in [2.05, 4.69) is 39.9 Å². The van der Waals surface area contributed by atoms with Gasteiger partial charge in [0, 0.05) is 6.04 Å². The van der Waals surface area contributed by atoms with Gasteiger partial charge in [-0.3, -0.25) is 0 Å². The SMILES string of the molecule is CC(C)CCNC1C(C)(C)[C@H]2CC[C@]1(C)C2. The lowest BCUT2D eigenvalue weighted by atomic mass is 9.68. The van der Waals surface area contributed by atoms with Gasteiger partial charge in [-0.25, -0.2) is 0 Å². The van der Waals surface area contributed by atoms with Crippen LogP contribution in [0.2, 0.25) is 0 Å². The van der Waals surface area contributed by atoms with E-state index in [1.54, 1.807) is 0 Å². The van der Waals surface area contributed by atoms with E-state index in [4.69, 9.17) is 0 Å². The van der Waals surface area contributed by atoms with Gasteiger partial charge in [0.2, 0.25) is 0 Å². The molecule has 3 atom stereocenters. The summed E-state index contributed by atoms with van der Waals surface area (Å²) in [5.41, 5.74) is 1.11. The lowest BCUT2D eigenvalue weighted by Gasteiger charge is -2.43. The van der Waals surface area contributed by atoms with Crippen LogP contribution < -0.4 is 5.32 Å². The van der Waals surface area contributed by atoms with Crippen molar-refractivity contribution in [3.05, 3.63) is 0 Å². The lowest BCUT2D eigenvalue weighted by molar-refractivity contribution is 0.108. The fraction of sp³-hybridized carbons (Fsp3) is 1.00. The Hall–Kier alpha value is -0.0400. The third kappa shape index (κ3) is 1.92. The number of hydrogen-bond donors (Lipinski definition) is 1. The maximum atomic E-state index is 3.88. The monoisotopic (exact) mass is 223 g/mol. The molecule has 16 heavy (non-hydrogen) atoms. The minimum Gasteiger partial charge on any atom is -0.313 e. The summed E-state index contributed by atoms with van der Waals surface area (Å²) in [6.45, 7) is 13.3. The van der Waals surface area contributed by atoms with Crippen LogP contribution in [0, 0.1) is 22.7 Å². The highest BCUT2D eigenvalue weighted by Crippen LogP contribution is 2.62. The van der Waals surface area contributed by atoms with Gasteiger partial charge in [0.25, 0.3) is 0 Å². The Labute approximate surface area is 101 Å². The Bertz CT molecular complexity index is 251. The molecule has 2 fully saturated rings. The van der Waals surface area contributed by atoms with Crippen molar-refractivity contribution in [2.75, 3.05) is 6.54 Å². The number of nitrogens with one attached hydrogen (secondary N) is 1. The molecule has 2 rings (SSSR count). The van der Waals surface area contributed by atoms with Crippen molar-refractivity contribution >= 4 is 0 Å². The second-order valence-corrected chi connectivity index (χ2v) is 7.48. The Morgan fingerprint density at radius 2 is 1.94 bits per heavy atom. The molecule has 2 aliphatic carbocycles. The summed E-state index contributed by atoms with van der Waals surface area (Å²) in [6.07, 6.45) is 5.68. The smallest absolute Gasteiger partial charge is 0.0175 e. The first-order valence-corrected chi connectivity index (χ1v) is 7.09. The molecule has 0 aromatic rings. The van der Waals surface area contributed by atoms with E-state index in [9.17, 15) is 0 Å². The third-order valence-corrected chi connectivity index (χ3v) is 5.34. The molecule has 0 amide bonds. The van der Waals surface area contributed by atoms with Gasteiger partial charge in [0.1, 0.15) is 0 Å². The van der Waals surface area contributed by atoms with E-state index in [1.165, 1.54) is 32.2 Å². The zero-order valence-electron chi connectivity index (χ0n) is 11.8. The second-order valence-electron chi connectivity index (χ2n) is 7.48. The summed E-state index contributed by atoms with van der Waals surface area (Å²) in [6, 6.07) is 0.748. The van der Waals surface area contributed by atoms with E-state index in [0.29, 0.717) is 10.8 Å². The van der Waals surface area contributed by atoms with Crippen molar-refractivity contribution in [3.63, 3.8) is 0 Å². The molecule has 1 unspecified atom stereocenters. The van der Waals surface area contributed by atoms with Crippen LogP contribution >= 0.6 is 0 Å². The first kappa shape index (κ1) is 12.4. The minimum atomic E-state index is 0.518. The normalized spacial score (nSPS) is 40.9. The molecule has 1 N–H and O–H groups in total. The molecule has 2 aliphatic rings. The molecule has 2 saturated carbocycles. The quantitative estimate of drug-likeness (QED) is 0.763. The van der Waals surface area contributed by atoms with Crippen molar-refractivity contribution in [2.45, 2.75) is 66.3 Å². The summed E-state index contributed by atoms with van der Waals surface area (Å²) in [7, 11) is 0. The van der Waals surface area contributed by atoms with Gasteiger partial charge in [-0.15, -0.1) is 0 Å². The van der Waals surface area contributed by atoms with Crippen molar-refractivity contribution in [1.82, 2.24) is 5.32 Å². The maximum absolute atomic E-state index is 3.88. The average molecular weight is 223 g/mol. The van der Waals surface area contributed by atoms with E-state index < -0.39 is 0 Å². The molecule has 1 heteroatoms. The van der Waals surface area contributed by atoms with Gasteiger partial charge in [0.15, 0.2) is 0 Å². The highest BCUT2D eigenvalue weighted by atomic mass is 15.0. The van der Waals surface area contributed by atoms with Gasteiger partial charge in [-0.1, -0.05) is 34.6 Å². The number of hydrogen-bond acceptors (Lipinski definition) is 1. The van der Waals surface area contributed by atoms with Crippen LogP contribution in [0.5, 0.6) is 0 Å². The Morgan fingerprint density at radius 3 is 2.44 bits per heavy atom. The lowest BCUT2D eigenvalue weighted by Crippen LogP contribution is -2.50. The fourth-order valence-corrected chi connectivity index (χ4v) is 4.33. The second kappa shape index (κ2) is 4.01. The Balaban J connectivity index is 1.97. The largest absolute Gasteiger partial charge is 0.313 e. The first-order chi connectivity index (χ1) is 7.36. The molecular formula is C15H29N. The van der Waals surface area contributed by atoms with Gasteiger partial charge < -0.3 is 5.32 Å². The van der Waals surface area contributed by atoms with Gasteiger partial charge in [-0.2, -0.15) is 0 Å². The van der Waals surface area contributed by atoms with Crippen molar-refractivity contribution < 1.29 is 0 Å². The Morgan fingerprint density at radius 1 is 1.25 bits per heavy atom. The molecular weight excluding hydrogens is 194 g/mol. The molecule has 0 aromatic heterocycles. The van der Waals surface area contributed by atoms with Gasteiger partial charge in [0.05, 0.1) is 0 Å². The van der Waals surface area contributed by atoms with Gasteiger partial charge in [-0.05, 0) is 54.9 Å². The molecule has 0 aliphatic heterocycles. The predicted molar refractivity (Wildman–Crippen MR) is 70.5 cm³/mol. The molecule has 0 heterocycles. The third-order valence-electron chi connectivity index (χ3n) is 5.34. The van der Waals surface area contributed by atoms with Crippen LogP contribution in [-0.4, -0.2) is 12.6 Å². The molecule has 0 aromatic carbocycles. The van der Waals surface area contributed by atoms with Crippen molar-refractivity contribution in [1.29, 1.82) is 0 Å². The zero-order chi connectivity index (χ0) is 12.0. The predicted octanol–water partition coefficient (Wildman–Crippen LogP) is 3.84. The van der Waals surface area contributed by atoms with Crippen LogP contribution in [0.1, 0.15) is 60.3 Å². The van der Waals surface area contributed by atoms with E-state index in [-0.39, 0.29) is 0 Å². The topological polar surface area (TPSA) is 12.0 Å². The summed E-state index contributed by atoms with van der Waals surface area (Å²) >= 11 is 0. The molecule has 94 valence electrons. The molecule has 0 radical (unpaired) electrons. The average Bonchev–Trinajstić information content (AvgIpc) is 2.62. The van der Waals surface area contributed by atoms with E-state index >= 15 is 0 Å². The standard InChI is InChI=1S/C15H29N/c1-11(2)7-9-16-13-14(3,4)12-6-8-15(13,5)10-12/h11-13,16H,6-10H2,1-5H3/t12-,13?,15+/m0/s1. The molecule has 0 spiro atoms. The summed E-state index contributed by atoms with van der Waals surface area (Å²) in [5.74, 6) is 1.79. The number of rotatable bonds is 4. The number of fused-ring (bicyclic) bond motifs is 2. The van der Waals surface area contributed by atoms with Gasteiger partial charge >= 0.3 is 0 Å². The first-order valence-electron chi connectivity index (χ1n) is 7.09. The Kier molecular flexibility index (Phi) is 3.11. The van der Waals surface area contributed by atoms with E-state index in [1.807, 2.05) is 0 Å². The molecule has 2 bridgehead atoms. The van der Waals surface area contributed by atoms with Crippen molar-refractivity contribution in [2.24, 2.45) is 22.7 Å². The summed E-state index contributed by atoms with van der Waals surface area (Å²) < 4.78 is 0. The molecule has 0 saturated heterocycles. The highest BCUT2D eigenvalue weighted by molar-refractivity contribution is 5.11. The van der Waals surface area contributed by atoms with Crippen LogP contribution in [0.4, 0.5) is 0 Å². The van der Waals surface area contributed by atoms with Crippen molar-refractivity contribution in [3.8, 4) is 0 Å². The maximum Gasteiger partial charge on any atom is 0.0175 e. The highest BCUT2D eigenvalue weighted by Gasteiger charge is 2.58. The fourth-order valence-electron chi connectivity index (χ4n) is 4.33. The minimum absolute atomic E-state index is 0.518. The van der Waals surface area contributed by atoms with E-state index in [0.717, 1.165) is 17.9 Å². The molecule has 1 nitrogen and oxygen atoms in total. The summed E-state index contributed by atoms with van der Waals surface area (Å²) in [4.78, 5) is 0. The zero-order valence-corrected chi connectivity index (χ0v) is 11.8.